The van der Waals surface area contributed by atoms with Gasteiger partial charge in [-0.05, 0) is 0 Å². The molecule has 0 spiro atoms. The molecule has 0 aromatic heterocycles. The first-order valence-electron chi connectivity index (χ1n) is 7.57. The summed E-state index contributed by atoms with van der Waals surface area (Å²) < 4.78 is 1.77. The monoisotopic (exact) mass is 348 g/mol. The molecule has 2 radical (unpaired) electrons. The molecule has 0 unspecified atom stereocenters. The summed E-state index contributed by atoms with van der Waals surface area (Å²) >= 11 is -1.02. The second kappa shape index (κ2) is 7.65. The van der Waals surface area contributed by atoms with Gasteiger partial charge in [-0.3, -0.25) is 0 Å². The van der Waals surface area contributed by atoms with Crippen LogP contribution in [0.15, 0.2) is 23.3 Å². The van der Waals surface area contributed by atoms with E-state index in [2.05, 4.69) is 66.4 Å². The minimum absolute atomic E-state index is 0.120. The fourth-order valence-electron chi connectivity index (χ4n) is 2.92. The van der Waals surface area contributed by atoms with Gasteiger partial charge in [-0.25, -0.2) is 0 Å². The Morgan fingerprint density at radius 3 is 1.50 bits per heavy atom. The van der Waals surface area contributed by atoms with Crippen LogP contribution in [0, 0.1) is 20.8 Å². The number of allylic oxidation sites excluding steroid dienone is 2. The van der Waals surface area contributed by atoms with Crippen LogP contribution in [0.4, 0.5) is 0 Å². The van der Waals surface area contributed by atoms with E-state index in [1.165, 1.54) is 16.1 Å². The summed E-state index contributed by atoms with van der Waals surface area (Å²) in [6, 6.07) is 4.73. The van der Waals surface area contributed by atoms with E-state index in [1.54, 1.807) is 26.7 Å². The van der Waals surface area contributed by atoms with Gasteiger partial charge in [0, 0.05) is 8.80 Å². The molecule has 1 heterocycles. The van der Waals surface area contributed by atoms with Gasteiger partial charge in [0.1, 0.15) is 0 Å². The Kier molecular flexibility index (Phi) is 6.80. The van der Waals surface area contributed by atoms with Crippen molar-refractivity contribution in [2.24, 2.45) is 0 Å². The molecule has 0 aliphatic carbocycles. The van der Waals surface area contributed by atoms with E-state index in [1.807, 2.05) is 0 Å². The molecule has 0 amide bonds. The van der Waals surface area contributed by atoms with Crippen molar-refractivity contribution in [1.29, 1.82) is 0 Å². The number of benzene rings is 1. The van der Waals surface area contributed by atoms with Gasteiger partial charge in [0.15, 0.2) is 0 Å². The van der Waals surface area contributed by atoms with E-state index in [0.717, 1.165) is 0 Å². The van der Waals surface area contributed by atoms with E-state index in [0.29, 0.717) is 0 Å². The molecular weight excluding hydrogens is 317 g/mol. The first kappa shape index (κ1) is 17.8. The maximum atomic E-state index is 2.37. The van der Waals surface area contributed by atoms with Crippen molar-refractivity contribution >= 4 is 27.5 Å². The van der Waals surface area contributed by atoms with Gasteiger partial charge in [0.25, 0.3) is 0 Å². The van der Waals surface area contributed by atoms with Crippen LogP contribution in [0.5, 0.6) is 0 Å². The molecule has 1 aromatic rings. The Labute approximate surface area is 132 Å². The third-order valence-electron chi connectivity index (χ3n) is 3.72. The van der Waals surface area contributed by atoms with Crippen LogP contribution in [0.2, 0.25) is 30.1 Å². The predicted molar refractivity (Wildman–Crippen MR) is 97.4 cm³/mol. The van der Waals surface area contributed by atoms with Crippen LogP contribution in [-0.2, 0) is 0 Å². The maximum absolute atomic E-state index is 2.37. The molecule has 20 heavy (non-hydrogen) atoms. The van der Waals surface area contributed by atoms with Gasteiger partial charge in [-0.1, -0.05) is 19.6 Å². The summed E-state index contributed by atoms with van der Waals surface area (Å²) in [5, 5.41) is 2.85. The van der Waals surface area contributed by atoms with Gasteiger partial charge in [0.2, 0.25) is 0 Å². The molecule has 2 rings (SSSR count). The van der Waals surface area contributed by atoms with E-state index in [9.17, 15) is 0 Å². The summed E-state index contributed by atoms with van der Waals surface area (Å²) in [5.41, 5.74) is 7.87. The maximum Gasteiger partial charge on any atom is 0.0379 e. The van der Waals surface area contributed by atoms with Gasteiger partial charge in [0.05, 0.1) is 0 Å². The SMILES string of the molecule is CC1=C(C)[CH2][Ge]([c]2c(C)cc(C)cc2C)[CH2]1.C[Si](C)C. The molecule has 1 aromatic carbocycles. The van der Waals surface area contributed by atoms with Crippen LogP contribution in [0.25, 0.3) is 0 Å². The summed E-state index contributed by atoms with van der Waals surface area (Å²) in [5.74, 6) is 0. The van der Waals surface area contributed by atoms with Gasteiger partial charge in [-0.2, -0.15) is 0 Å². The second-order valence-corrected chi connectivity index (χ2v) is 14.9. The van der Waals surface area contributed by atoms with Crippen LogP contribution >= 0.6 is 0 Å². The summed E-state index contributed by atoms with van der Waals surface area (Å²) in [6.45, 7) is 18.3. The number of hydrogen-bond acceptors (Lipinski definition) is 0. The zero-order valence-electron chi connectivity index (χ0n) is 14.6. The van der Waals surface area contributed by atoms with E-state index < -0.39 is 14.3 Å². The van der Waals surface area contributed by atoms with Gasteiger partial charge < -0.3 is 0 Å². The standard InChI is InChI=1S/C15H21Ge.C3H9Si/c1-10-6-11(2)15(12(3)7-10)16-8-13(4)14(5)9-16;1-4(2)3/h6-7H,8-9H2,1-5H3;1-3H3. The van der Waals surface area contributed by atoms with Crippen molar-refractivity contribution in [3.63, 3.8) is 0 Å². The van der Waals surface area contributed by atoms with E-state index in [-0.39, 0.29) is 8.80 Å². The van der Waals surface area contributed by atoms with Crippen LogP contribution in [0.1, 0.15) is 30.5 Å². The Balaban J connectivity index is 0.000000444. The first-order chi connectivity index (χ1) is 9.22. The zero-order valence-corrected chi connectivity index (χ0v) is 17.7. The summed E-state index contributed by atoms with van der Waals surface area (Å²) in [4.78, 5) is 0. The third kappa shape index (κ3) is 4.92. The van der Waals surface area contributed by atoms with E-state index >= 15 is 0 Å². The number of hydrogen-bond donors (Lipinski definition) is 0. The van der Waals surface area contributed by atoms with Crippen molar-refractivity contribution in [2.45, 2.75) is 64.8 Å². The van der Waals surface area contributed by atoms with Crippen LogP contribution in [-0.4, -0.2) is 23.1 Å². The van der Waals surface area contributed by atoms with Crippen molar-refractivity contribution in [3.05, 3.63) is 40.0 Å². The topological polar surface area (TPSA) is 0 Å². The second-order valence-electron chi connectivity index (χ2n) is 6.79. The van der Waals surface area contributed by atoms with Crippen molar-refractivity contribution in [3.8, 4) is 0 Å². The minimum atomic E-state index is -1.02. The largest absolute Gasteiger partial charge is 0.0715 e. The molecule has 0 N–H and O–H groups in total. The quantitative estimate of drug-likeness (QED) is 0.494. The molecule has 0 fully saturated rings. The molecule has 0 saturated heterocycles. The number of aryl methyl sites for hydroxylation is 3. The van der Waals surface area contributed by atoms with Crippen LogP contribution < -0.4 is 4.40 Å². The van der Waals surface area contributed by atoms with Crippen LogP contribution in [0.3, 0.4) is 0 Å². The molecule has 0 atom stereocenters. The van der Waals surface area contributed by atoms with Crippen molar-refractivity contribution < 1.29 is 0 Å². The smallest absolute Gasteiger partial charge is 0.0379 e. The molecule has 110 valence electrons. The Bertz CT molecular complexity index is 460. The van der Waals surface area contributed by atoms with Gasteiger partial charge >= 0.3 is 104 Å². The van der Waals surface area contributed by atoms with Crippen molar-refractivity contribution in [1.82, 2.24) is 0 Å². The average Bonchev–Trinajstić information content (AvgIpc) is 2.56. The van der Waals surface area contributed by atoms with E-state index in [4.69, 9.17) is 0 Å². The van der Waals surface area contributed by atoms with Crippen molar-refractivity contribution in [2.75, 3.05) is 0 Å². The minimum Gasteiger partial charge on any atom is -0.0715 e. The molecule has 0 nitrogen and oxygen atoms in total. The Hall–Kier alpha value is -0.280. The summed E-state index contributed by atoms with van der Waals surface area (Å²) in [6.07, 6.45) is 0. The summed E-state index contributed by atoms with van der Waals surface area (Å²) in [7, 11) is 0.120. The zero-order chi connectivity index (χ0) is 15.4. The average molecular weight is 347 g/mol. The fraction of sp³-hybridized carbons (Fsp3) is 0.556. The Morgan fingerprint density at radius 1 is 0.800 bits per heavy atom. The molecule has 1 aliphatic rings. The fourth-order valence-corrected chi connectivity index (χ4v) is 10.5. The molecule has 0 bridgehead atoms. The molecule has 2 heteroatoms. The molecular formula is C18H30GeSi. The molecule has 1 aliphatic heterocycles. The first-order valence-corrected chi connectivity index (χ1v) is 14.6. The van der Waals surface area contributed by atoms with Gasteiger partial charge in [-0.15, -0.1) is 0 Å². The predicted octanol–water partition coefficient (Wildman–Crippen LogP) is 5.03. The normalized spacial score (nSPS) is 15.7. The molecule has 0 saturated carbocycles. The Morgan fingerprint density at radius 2 is 1.15 bits per heavy atom. The number of rotatable bonds is 1. The third-order valence-corrected chi connectivity index (χ3v) is 10.9.